The van der Waals surface area contributed by atoms with Gasteiger partial charge in [0.05, 0.1) is 17.6 Å². The van der Waals surface area contributed by atoms with Crippen molar-refractivity contribution in [2.24, 2.45) is 5.92 Å². The molecular weight excluding hydrogens is 278 g/mol. The molecule has 0 radical (unpaired) electrons. The van der Waals surface area contributed by atoms with Crippen molar-refractivity contribution in [3.8, 4) is 0 Å². The van der Waals surface area contributed by atoms with Crippen molar-refractivity contribution in [2.75, 3.05) is 23.7 Å². The highest BCUT2D eigenvalue weighted by Crippen LogP contribution is 2.29. The number of piperidine rings is 1. The molecule has 1 aromatic rings. The first kappa shape index (κ1) is 16.6. The fourth-order valence-corrected chi connectivity index (χ4v) is 2.86. The van der Waals surface area contributed by atoms with Crippen molar-refractivity contribution >= 4 is 17.3 Å². The Bertz CT molecular complexity index is 503. The smallest absolute Gasteiger partial charge is 0.306 e. The normalized spacial score (nSPS) is 16.6. The molecule has 5 heteroatoms. The summed E-state index contributed by atoms with van der Waals surface area (Å²) in [6.07, 6.45) is 7.08. The third kappa shape index (κ3) is 4.90. The van der Waals surface area contributed by atoms with E-state index in [1.54, 1.807) is 12.4 Å². The van der Waals surface area contributed by atoms with Crippen molar-refractivity contribution in [1.29, 1.82) is 0 Å². The van der Waals surface area contributed by atoms with Crippen LogP contribution in [0.3, 0.4) is 0 Å². The van der Waals surface area contributed by atoms with Crippen LogP contribution in [0.5, 0.6) is 0 Å². The van der Waals surface area contributed by atoms with E-state index in [2.05, 4.69) is 9.88 Å². The number of ether oxygens (including phenoxy) is 1. The van der Waals surface area contributed by atoms with Gasteiger partial charge in [0, 0.05) is 25.7 Å². The minimum absolute atomic E-state index is 0.0895. The number of aromatic nitrogens is 1. The molecule has 0 spiro atoms. The number of pyridine rings is 1. The Hall–Kier alpha value is -1.78. The first-order valence-corrected chi connectivity index (χ1v) is 8.01. The van der Waals surface area contributed by atoms with Gasteiger partial charge in [-0.05, 0) is 52.0 Å². The molecule has 1 aliphatic heterocycles. The van der Waals surface area contributed by atoms with Gasteiger partial charge in [-0.25, -0.2) is 0 Å². The predicted octanol–water partition coefficient (Wildman–Crippen LogP) is 3.00. The summed E-state index contributed by atoms with van der Waals surface area (Å²) >= 11 is 0. The maximum Gasteiger partial charge on any atom is 0.306 e. The molecule has 0 saturated carbocycles. The first-order valence-electron chi connectivity index (χ1n) is 8.01. The highest BCUT2D eigenvalue weighted by Gasteiger charge is 2.22. The van der Waals surface area contributed by atoms with Crippen molar-refractivity contribution in [2.45, 2.75) is 52.1 Å². The van der Waals surface area contributed by atoms with E-state index in [1.165, 1.54) is 0 Å². The van der Waals surface area contributed by atoms with Gasteiger partial charge in [-0.15, -0.1) is 0 Å². The Balaban J connectivity index is 1.76. The Morgan fingerprint density at radius 2 is 2.09 bits per heavy atom. The first-order chi connectivity index (χ1) is 10.3. The van der Waals surface area contributed by atoms with Crippen LogP contribution in [-0.4, -0.2) is 29.6 Å². The van der Waals surface area contributed by atoms with Crippen LogP contribution in [-0.2, 0) is 9.53 Å². The van der Waals surface area contributed by atoms with E-state index in [-0.39, 0.29) is 11.6 Å². The minimum atomic E-state index is -0.390. The number of nitrogens with two attached hydrogens (primary N) is 1. The van der Waals surface area contributed by atoms with Crippen LogP contribution >= 0.6 is 0 Å². The molecular formula is C17H27N3O2. The number of esters is 1. The fraction of sp³-hybridized carbons (Fsp3) is 0.647. The largest absolute Gasteiger partial charge is 0.460 e. The second-order valence-electron chi connectivity index (χ2n) is 6.99. The third-order valence-corrected chi connectivity index (χ3v) is 3.96. The van der Waals surface area contributed by atoms with Gasteiger partial charge in [-0.3, -0.25) is 9.78 Å². The Labute approximate surface area is 132 Å². The summed E-state index contributed by atoms with van der Waals surface area (Å²) in [5.41, 5.74) is 7.39. The summed E-state index contributed by atoms with van der Waals surface area (Å²) in [7, 11) is 0. The second kappa shape index (κ2) is 6.99. The number of carbonyl (C=O) groups is 1. The average Bonchev–Trinajstić information content (AvgIpc) is 2.45. The number of carbonyl (C=O) groups excluding carboxylic acids is 1. The molecule has 2 heterocycles. The molecule has 2 N–H and O–H groups in total. The van der Waals surface area contributed by atoms with Gasteiger partial charge in [-0.1, -0.05) is 0 Å². The SMILES string of the molecule is CC(C)(C)OC(=O)CCC1CCN(c2ccncc2N)CC1. The number of anilines is 2. The fourth-order valence-electron chi connectivity index (χ4n) is 2.86. The molecule has 1 fully saturated rings. The maximum atomic E-state index is 11.8. The minimum Gasteiger partial charge on any atom is -0.460 e. The topological polar surface area (TPSA) is 68.5 Å². The van der Waals surface area contributed by atoms with Gasteiger partial charge in [0.2, 0.25) is 0 Å². The van der Waals surface area contributed by atoms with Crippen LogP contribution in [0.1, 0.15) is 46.5 Å². The number of nitrogen functional groups attached to an aromatic ring is 1. The van der Waals surface area contributed by atoms with Crippen LogP contribution in [0.2, 0.25) is 0 Å². The van der Waals surface area contributed by atoms with Crippen LogP contribution in [0.4, 0.5) is 11.4 Å². The van der Waals surface area contributed by atoms with E-state index < -0.39 is 0 Å². The second-order valence-corrected chi connectivity index (χ2v) is 6.99. The van der Waals surface area contributed by atoms with E-state index in [0.29, 0.717) is 12.3 Å². The van der Waals surface area contributed by atoms with Crippen LogP contribution in [0.15, 0.2) is 18.5 Å². The molecule has 1 aromatic heterocycles. The summed E-state index contributed by atoms with van der Waals surface area (Å²) in [6, 6.07) is 1.97. The van der Waals surface area contributed by atoms with Gasteiger partial charge in [0.25, 0.3) is 0 Å². The number of hydrogen-bond acceptors (Lipinski definition) is 5. The molecule has 0 unspecified atom stereocenters. The zero-order valence-corrected chi connectivity index (χ0v) is 13.8. The number of nitrogens with zero attached hydrogens (tertiary/aromatic N) is 2. The van der Waals surface area contributed by atoms with Crippen molar-refractivity contribution < 1.29 is 9.53 Å². The molecule has 2 rings (SSSR count). The molecule has 0 aliphatic carbocycles. The Morgan fingerprint density at radius 3 is 2.68 bits per heavy atom. The van der Waals surface area contributed by atoms with Crippen molar-refractivity contribution in [3.63, 3.8) is 0 Å². The molecule has 5 nitrogen and oxygen atoms in total. The monoisotopic (exact) mass is 305 g/mol. The lowest BCUT2D eigenvalue weighted by Crippen LogP contribution is -2.34. The number of rotatable bonds is 4. The highest BCUT2D eigenvalue weighted by molar-refractivity contribution is 5.69. The van der Waals surface area contributed by atoms with Gasteiger partial charge in [-0.2, -0.15) is 0 Å². The molecule has 1 saturated heterocycles. The lowest BCUT2D eigenvalue weighted by Gasteiger charge is -2.34. The molecule has 0 amide bonds. The number of hydrogen-bond donors (Lipinski definition) is 1. The van der Waals surface area contributed by atoms with Gasteiger partial charge in [0.15, 0.2) is 0 Å². The van der Waals surface area contributed by atoms with E-state index in [1.807, 2.05) is 26.8 Å². The predicted molar refractivity (Wildman–Crippen MR) is 88.7 cm³/mol. The van der Waals surface area contributed by atoms with Crippen LogP contribution < -0.4 is 10.6 Å². The lowest BCUT2D eigenvalue weighted by atomic mass is 9.92. The van der Waals surface area contributed by atoms with Gasteiger partial charge < -0.3 is 15.4 Å². The molecule has 0 bridgehead atoms. The summed E-state index contributed by atoms with van der Waals surface area (Å²) < 4.78 is 5.36. The summed E-state index contributed by atoms with van der Waals surface area (Å²) in [4.78, 5) is 18.1. The van der Waals surface area contributed by atoms with E-state index in [9.17, 15) is 4.79 Å². The molecule has 0 aromatic carbocycles. The Morgan fingerprint density at radius 1 is 1.41 bits per heavy atom. The van der Waals surface area contributed by atoms with Gasteiger partial charge in [0.1, 0.15) is 5.60 Å². The summed E-state index contributed by atoms with van der Waals surface area (Å²) in [5.74, 6) is 0.500. The molecule has 1 aliphatic rings. The highest BCUT2D eigenvalue weighted by atomic mass is 16.6. The van der Waals surface area contributed by atoms with Crippen LogP contribution in [0.25, 0.3) is 0 Å². The van der Waals surface area contributed by atoms with Gasteiger partial charge >= 0.3 is 5.97 Å². The maximum absolute atomic E-state index is 11.8. The van der Waals surface area contributed by atoms with Crippen molar-refractivity contribution in [3.05, 3.63) is 18.5 Å². The standard InChI is InChI=1S/C17H27N3O2/c1-17(2,3)22-16(21)5-4-13-7-10-20(11-8-13)15-6-9-19-12-14(15)18/h6,9,12-13H,4-5,7-8,10-11,18H2,1-3H3. The summed E-state index contributed by atoms with van der Waals surface area (Å²) in [6.45, 7) is 7.67. The van der Waals surface area contributed by atoms with E-state index in [4.69, 9.17) is 10.5 Å². The lowest BCUT2D eigenvalue weighted by molar-refractivity contribution is -0.155. The average molecular weight is 305 g/mol. The van der Waals surface area contributed by atoms with Crippen molar-refractivity contribution in [1.82, 2.24) is 4.98 Å². The zero-order valence-electron chi connectivity index (χ0n) is 13.8. The third-order valence-electron chi connectivity index (χ3n) is 3.96. The quantitative estimate of drug-likeness (QED) is 0.866. The summed E-state index contributed by atoms with van der Waals surface area (Å²) in [5, 5.41) is 0. The molecule has 122 valence electrons. The Kier molecular flexibility index (Phi) is 5.27. The van der Waals surface area contributed by atoms with Crippen LogP contribution in [0, 0.1) is 5.92 Å². The molecule has 22 heavy (non-hydrogen) atoms. The van der Waals surface area contributed by atoms with E-state index in [0.717, 1.165) is 43.7 Å². The van der Waals surface area contributed by atoms with E-state index >= 15 is 0 Å². The molecule has 0 atom stereocenters. The zero-order chi connectivity index (χ0) is 16.2.